The number of rotatable bonds is 5. The Morgan fingerprint density at radius 3 is 2.32 bits per heavy atom. The largest absolute Gasteiger partial charge is 0.338 e. The molecule has 0 aromatic rings. The van der Waals surface area contributed by atoms with Gasteiger partial charge < -0.3 is 15.1 Å². The number of thiol groups is 1. The van der Waals surface area contributed by atoms with E-state index in [1.807, 2.05) is 0 Å². The highest BCUT2D eigenvalue weighted by Crippen LogP contribution is 2.22. The SMILES string of the molecule is CN1CCC(CN(C(=O)CN2CCC(S)CC2)C2CCNCC2)CC1. The van der Waals surface area contributed by atoms with Crippen LogP contribution < -0.4 is 5.32 Å². The molecular weight excluding hydrogens is 332 g/mol. The predicted octanol–water partition coefficient (Wildman–Crippen LogP) is 1.30. The molecule has 1 amide bonds. The Hall–Kier alpha value is -0.300. The summed E-state index contributed by atoms with van der Waals surface area (Å²) >= 11 is 4.58. The van der Waals surface area contributed by atoms with Gasteiger partial charge in [-0.25, -0.2) is 0 Å². The third-order valence-electron chi connectivity index (χ3n) is 6.28. The molecule has 3 rings (SSSR count). The Kier molecular flexibility index (Phi) is 7.46. The maximum atomic E-state index is 13.2. The lowest BCUT2D eigenvalue weighted by atomic mass is 9.94. The fraction of sp³-hybridized carbons (Fsp3) is 0.947. The van der Waals surface area contributed by atoms with Crippen LogP contribution in [0.2, 0.25) is 0 Å². The highest BCUT2D eigenvalue weighted by Gasteiger charge is 2.30. The average molecular weight is 369 g/mol. The standard InChI is InChI=1S/C19H36N4OS/c1-21-10-4-16(5-11-21)14-23(17-2-8-20-9-3-17)19(24)15-22-12-6-18(25)7-13-22/h16-18,20,25H,2-15H2,1H3. The molecule has 0 unspecified atom stereocenters. The lowest BCUT2D eigenvalue weighted by molar-refractivity contribution is -0.136. The summed E-state index contributed by atoms with van der Waals surface area (Å²) in [6, 6.07) is 0.441. The maximum absolute atomic E-state index is 13.2. The van der Waals surface area contributed by atoms with E-state index in [1.54, 1.807) is 0 Å². The van der Waals surface area contributed by atoms with Gasteiger partial charge in [-0.3, -0.25) is 9.69 Å². The molecule has 1 N–H and O–H groups in total. The van der Waals surface area contributed by atoms with Gasteiger partial charge in [0.25, 0.3) is 0 Å². The Labute approximate surface area is 158 Å². The van der Waals surface area contributed by atoms with Gasteiger partial charge in [-0.05, 0) is 90.8 Å². The molecule has 25 heavy (non-hydrogen) atoms. The summed E-state index contributed by atoms with van der Waals surface area (Å²) in [5, 5.41) is 3.96. The van der Waals surface area contributed by atoms with Crippen molar-refractivity contribution >= 4 is 18.5 Å². The van der Waals surface area contributed by atoms with Gasteiger partial charge in [0.1, 0.15) is 0 Å². The lowest BCUT2D eigenvalue weighted by Gasteiger charge is -2.40. The van der Waals surface area contributed by atoms with Gasteiger partial charge in [0.05, 0.1) is 6.54 Å². The number of likely N-dealkylation sites (tertiary alicyclic amines) is 2. The van der Waals surface area contributed by atoms with Crippen molar-refractivity contribution in [2.24, 2.45) is 5.92 Å². The fourth-order valence-electron chi connectivity index (χ4n) is 4.46. The van der Waals surface area contributed by atoms with Crippen LogP contribution in [0.4, 0.5) is 0 Å². The number of nitrogens with one attached hydrogen (secondary N) is 1. The Bertz CT molecular complexity index is 414. The number of hydrogen-bond donors (Lipinski definition) is 2. The van der Waals surface area contributed by atoms with Gasteiger partial charge >= 0.3 is 0 Å². The van der Waals surface area contributed by atoms with E-state index in [4.69, 9.17) is 0 Å². The van der Waals surface area contributed by atoms with Crippen molar-refractivity contribution in [3.05, 3.63) is 0 Å². The second kappa shape index (κ2) is 9.58. The zero-order valence-corrected chi connectivity index (χ0v) is 16.7. The van der Waals surface area contributed by atoms with Crippen LogP contribution in [0.3, 0.4) is 0 Å². The molecule has 0 aromatic heterocycles. The maximum Gasteiger partial charge on any atom is 0.237 e. The van der Waals surface area contributed by atoms with E-state index in [0.29, 0.717) is 29.7 Å². The van der Waals surface area contributed by atoms with Crippen LogP contribution in [-0.4, -0.2) is 91.3 Å². The minimum absolute atomic E-state index is 0.364. The molecule has 144 valence electrons. The van der Waals surface area contributed by atoms with Crippen LogP contribution in [0.15, 0.2) is 0 Å². The average Bonchev–Trinajstić information content (AvgIpc) is 2.64. The van der Waals surface area contributed by atoms with Crippen molar-refractivity contribution in [1.82, 2.24) is 20.0 Å². The number of nitrogens with zero attached hydrogens (tertiary/aromatic N) is 3. The second-order valence-corrected chi connectivity index (χ2v) is 9.01. The highest BCUT2D eigenvalue weighted by molar-refractivity contribution is 7.80. The summed E-state index contributed by atoms with van der Waals surface area (Å²) in [6.45, 7) is 8.07. The first-order chi connectivity index (χ1) is 12.1. The molecule has 0 spiro atoms. The molecule has 3 heterocycles. The third-order valence-corrected chi connectivity index (χ3v) is 6.80. The first kappa shape index (κ1) is 19.5. The Morgan fingerprint density at radius 1 is 1.04 bits per heavy atom. The molecule has 3 saturated heterocycles. The number of carbonyl (C=O) groups excluding carboxylic acids is 1. The molecule has 0 atom stereocenters. The van der Waals surface area contributed by atoms with E-state index in [2.05, 4.69) is 39.7 Å². The van der Waals surface area contributed by atoms with Gasteiger partial charge in [-0.2, -0.15) is 12.6 Å². The molecule has 3 fully saturated rings. The van der Waals surface area contributed by atoms with Crippen molar-refractivity contribution < 1.29 is 4.79 Å². The quantitative estimate of drug-likeness (QED) is 0.718. The monoisotopic (exact) mass is 368 g/mol. The number of amides is 1. The number of hydrogen-bond acceptors (Lipinski definition) is 5. The molecule has 3 aliphatic heterocycles. The Balaban J connectivity index is 1.57. The minimum Gasteiger partial charge on any atom is -0.338 e. The van der Waals surface area contributed by atoms with Gasteiger partial charge in [0, 0.05) is 17.8 Å². The summed E-state index contributed by atoms with van der Waals surface area (Å²) in [5.74, 6) is 1.04. The second-order valence-electron chi connectivity index (χ2n) is 8.28. The summed E-state index contributed by atoms with van der Waals surface area (Å²) in [6.07, 6.45) is 6.90. The van der Waals surface area contributed by atoms with E-state index >= 15 is 0 Å². The van der Waals surface area contributed by atoms with E-state index in [0.717, 1.165) is 58.4 Å². The van der Waals surface area contributed by atoms with Crippen LogP contribution >= 0.6 is 12.6 Å². The van der Waals surface area contributed by atoms with E-state index in [9.17, 15) is 4.79 Å². The number of carbonyl (C=O) groups is 1. The zero-order chi connectivity index (χ0) is 17.6. The molecule has 0 saturated carbocycles. The molecule has 0 radical (unpaired) electrons. The molecule has 3 aliphatic rings. The summed E-state index contributed by atoms with van der Waals surface area (Å²) < 4.78 is 0. The van der Waals surface area contributed by atoms with Gasteiger partial charge in [-0.1, -0.05) is 0 Å². The molecule has 0 aromatic carbocycles. The van der Waals surface area contributed by atoms with Gasteiger partial charge in [-0.15, -0.1) is 0 Å². The highest BCUT2D eigenvalue weighted by atomic mass is 32.1. The Morgan fingerprint density at radius 2 is 1.68 bits per heavy atom. The van der Waals surface area contributed by atoms with Crippen molar-refractivity contribution in [2.45, 2.75) is 49.8 Å². The molecule has 6 heteroatoms. The van der Waals surface area contributed by atoms with Crippen molar-refractivity contribution in [3.8, 4) is 0 Å². The minimum atomic E-state index is 0.364. The summed E-state index contributed by atoms with van der Waals surface area (Å²) in [4.78, 5) is 20.2. The molecular formula is C19H36N4OS. The first-order valence-electron chi connectivity index (χ1n) is 10.2. The first-order valence-corrected chi connectivity index (χ1v) is 10.7. The normalized spacial score (nSPS) is 26.0. The molecule has 0 bridgehead atoms. The molecule has 0 aliphatic carbocycles. The topological polar surface area (TPSA) is 38.8 Å². The van der Waals surface area contributed by atoms with Gasteiger partial charge in [0.15, 0.2) is 0 Å². The lowest BCUT2D eigenvalue weighted by Crippen LogP contribution is -2.52. The summed E-state index contributed by atoms with van der Waals surface area (Å²) in [5.41, 5.74) is 0. The van der Waals surface area contributed by atoms with Gasteiger partial charge in [0.2, 0.25) is 5.91 Å². The number of piperidine rings is 3. The smallest absolute Gasteiger partial charge is 0.237 e. The van der Waals surface area contributed by atoms with Crippen LogP contribution in [0.1, 0.15) is 38.5 Å². The predicted molar refractivity (Wildman–Crippen MR) is 106 cm³/mol. The van der Waals surface area contributed by atoms with Crippen molar-refractivity contribution in [1.29, 1.82) is 0 Å². The van der Waals surface area contributed by atoms with Crippen LogP contribution in [0, 0.1) is 5.92 Å². The zero-order valence-electron chi connectivity index (χ0n) is 15.8. The fourth-order valence-corrected chi connectivity index (χ4v) is 4.69. The van der Waals surface area contributed by atoms with Crippen molar-refractivity contribution in [2.75, 3.05) is 59.4 Å². The van der Waals surface area contributed by atoms with Crippen LogP contribution in [0.25, 0.3) is 0 Å². The third kappa shape index (κ3) is 5.84. The summed E-state index contributed by atoms with van der Waals surface area (Å²) in [7, 11) is 2.21. The van der Waals surface area contributed by atoms with Crippen LogP contribution in [-0.2, 0) is 4.79 Å². The van der Waals surface area contributed by atoms with Crippen LogP contribution in [0.5, 0.6) is 0 Å². The van der Waals surface area contributed by atoms with E-state index < -0.39 is 0 Å². The van der Waals surface area contributed by atoms with E-state index in [1.165, 1.54) is 25.9 Å². The van der Waals surface area contributed by atoms with E-state index in [-0.39, 0.29) is 0 Å². The molecule has 5 nitrogen and oxygen atoms in total. The van der Waals surface area contributed by atoms with Crippen molar-refractivity contribution in [3.63, 3.8) is 0 Å².